The van der Waals surface area contributed by atoms with Gasteiger partial charge in [-0.3, -0.25) is 9.71 Å². The third-order valence-electron chi connectivity index (χ3n) is 5.17. The van der Waals surface area contributed by atoms with Crippen molar-refractivity contribution in [2.75, 3.05) is 4.72 Å². The molecular weight excluding hydrogens is 432 g/mol. The molecule has 0 amide bonds. The van der Waals surface area contributed by atoms with Crippen molar-refractivity contribution in [3.05, 3.63) is 103 Å². The number of nitrogens with one attached hydrogen (secondary N) is 1. The average molecular weight is 453 g/mol. The number of aromatic nitrogens is 3. The third-order valence-corrected chi connectivity index (χ3v) is 6.25. The second-order valence-electron chi connectivity index (χ2n) is 7.40. The number of para-hydroxylation sites is 1. The van der Waals surface area contributed by atoms with Crippen LogP contribution >= 0.6 is 0 Å². The Bertz CT molecular complexity index is 1440. The molecule has 3 aromatic carbocycles. The molecule has 0 saturated carbocycles. The van der Waals surface area contributed by atoms with E-state index in [9.17, 15) is 4.21 Å². The maximum atomic E-state index is 12.8. The van der Waals surface area contributed by atoms with Crippen LogP contribution in [0.1, 0.15) is 5.56 Å². The minimum absolute atomic E-state index is 0.504. The van der Waals surface area contributed by atoms with Crippen LogP contribution in [0.5, 0.6) is 11.5 Å². The Labute approximate surface area is 193 Å². The molecule has 7 heteroatoms. The van der Waals surface area contributed by atoms with Crippen LogP contribution in [0.25, 0.3) is 22.0 Å². The van der Waals surface area contributed by atoms with Crippen molar-refractivity contribution >= 4 is 27.6 Å². The summed E-state index contributed by atoms with van der Waals surface area (Å²) in [4.78, 5) is 13.3. The normalized spacial score (nSPS) is 11.8. The van der Waals surface area contributed by atoms with Crippen LogP contribution in [0.4, 0.5) is 5.82 Å². The van der Waals surface area contributed by atoms with Gasteiger partial charge in [0.05, 0.1) is 10.6 Å². The van der Waals surface area contributed by atoms with Gasteiger partial charge in [0.2, 0.25) is 0 Å². The monoisotopic (exact) mass is 452 g/mol. The van der Waals surface area contributed by atoms with Gasteiger partial charge in [0.15, 0.2) is 11.0 Å². The Morgan fingerprint density at radius 1 is 0.848 bits per heavy atom. The minimum atomic E-state index is -1.45. The van der Waals surface area contributed by atoms with Gasteiger partial charge in [0, 0.05) is 23.3 Å². The molecule has 1 N–H and O–H groups in total. The number of rotatable bonds is 6. The highest BCUT2D eigenvalue weighted by molar-refractivity contribution is 7.86. The van der Waals surface area contributed by atoms with Gasteiger partial charge in [-0.15, -0.1) is 0 Å². The third kappa shape index (κ3) is 4.58. The van der Waals surface area contributed by atoms with Crippen molar-refractivity contribution in [2.24, 2.45) is 0 Å². The number of ether oxygens (including phenoxy) is 1. The predicted molar refractivity (Wildman–Crippen MR) is 130 cm³/mol. The number of aryl methyl sites for hydroxylation is 1. The molecule has 0 fully saturated rings. The van der Waals surface area contributed by atoms with Gasteiger partial charge < -0.3 is 4.74 Å². The molecule has 162 valence electrons. The zero-order valence-corrected chi connectivity index (χ0v) is 18.6. The van der Waals surface area contributed by atoms with Gasteiger partial charge in [-0.25, -0.2) is 14.2 Å². The standard InChI is InChI=1S/C26H20N4O2S/c1-18-7-8-21(32-20-5-3-2-4-6-20)16-24(18)26-23-10-9-22(15-19(23)11-14-28-26)33(31)30-25-12-13-27-17-29-25/h2-17H,1H3,(H,27,29,30). The molecule has 0 bridgehead atoms. The van der Waals surface area contributed by atoms with Gasteiger partial charge in [-0.1, -0.05) is 30.3 Å². The molecule has 0 aliphatic carbocycles. The highest BCUT2D eigenvalue weighted by atomic mass is 32.2. The summed E-state index contributed by atoms with van der Waals surface area (Å²) in [7, 11) is -1.45. The lowest BCUT2D eigenvalue weighted by atomic mass is 10.00. The number of fused-ring (bicyclic) bond motifs is 1. The van der Waals surface area contributed by atoms with E-state index in [0.29, 0.717) is 10.7 Å². The van der Waals surface area contributed by atoms with Crippen molar-refractivity contribution in [3.63, 3.8) is 0 Å². The van der Waals surface area contributed by atoms with E-state index in [1.807, 2.05) is 72.8 Å². The maximum absolute atomic E-state index is 12.8. The molecule has 6 nitrogen and oxygen atoms in total. The lowest BCUT2D eigenvalue weighted by Crippen LogP contribution is -2.06. The van der Waals surface area contributed by atoms with E-state index in [2.05, 4.69) is 26.6 Å². The topological polar surface area (TPSA) is 77.0 Å². The second-order valence-corrected chi connectivity index (χ2v) is 8.61. The summed E-state index contributed by atoms with van der Waals surface area (Å²) in [6, 6.07) is 25.0. The average Bonchev–Trinajstić information content (AvgIpc) is 2.86. The first kappa shape index (κ1) is 20.8. The van der Waals surface area contributed by atoms with Crippen molar-refractivity contribution < 1.29 is 8.95 Å². The number of hydrogen-bond donors (Lipinski definition) is 1. The number of nitrogens with zero attached hydrogens (tertiary/aromatic N) is 3. The Morgan fingerprint density at radius 3 is 2.55 bits per heavy atom. The summed E-state index contributed by atoms with van der Waals surface area (Å²) < 4.78 is 21.7. The van der Waals surface area contributed by atoms with Crippen molar-refractivity contribution in [3.8, 4) is 22.8 Å². The summed E-state index contributed by atoms with van der Waals surface area (Å²) in [5, 5.41) is 1.92. The molecule has 0 aliphatic heterocycles. The summed E-state index contributed by atoms with van der Waals surface area (Å²) in [6.07, 6.45) is 4.78. The Morgan fingerprint density at radius 2 is 1.73 bits per heavy atom. The summed E-state index contributed by atoms with van der Waals surface area (Å²) in [5.41, 5.74) is 2.93. The highest BCUT2D eigenvalue weighted by Gasteiger charge is 2.12. The van der Waals surface area contributed by atoms with Crippen LogP contribution in [-0.4, -0.2) is 19.2 Å². The predicted octanol–water partition coefficient (Wildman–Crippen LogP) is 5.93. The second kappa shape index (κ2) is 9.18. The number of anilines is 1. The first-order valence-electron chi connectivity index (χ1n) is 10.3. The van der Waals surface area contributed by atoms with Gasteiger partial charge in [0.1, 0.15) is 23.6 Å². The van der Waals surface area contributed by atoms with Gasteiger partial charge >= 0.3 is 0 Å². The molecule has 2 heterocycles. The zero-order chi connectivity index (χ0) is 22.6. The summed E-state index contributed by atoms with van der Waals surface area (Å²) in [6.45, 7) is 2.05. The molecular formula is C26H20N4O2S. The fraction of sp³-hybridized carbons (Fsp3) is 0.0385. The van der Waals surface area contributed by atoms with Crippen LogP contribution in [0.3, 0.4) is 0 Å². The lowest BCUT2D eigenvalue weighted by Gasteiger charge is -2.13. The van der Waals surface area contributed by atoms with Gasteiger partial charge in [-0.2, -0.15) is 0 Å². The van der Waals surface area contributed by atoms with E-state index in [0.717, 1.165) is 39.1 Å². The fourth-order valence-electron chi connectivity index (χ4n) is 3.54. The minimum Gasteiger partial charge on any atom is -0.457 e. The molecule has 1 unspecified atom stereocenters. The summed E-state index contributed by atoms with van der Waals surface area (Å²) >= 11 is 0. The fourth-order valence-corrected chi connectivity index (χ4v) is 4.39. The van der Waals surface area contributed by atoms with Crippen molar-refractivity contribution in [1.29, 1.82) is 0 Å². The molecule has 5 rings (SSSR count). The van der Waals surface area contributed by atoms with E-state index in [4.69, 9.17) is 4.74 Å². The lowest BCUT2D eigenvalue weighted by molar-refractivity contribution is 0.483. The largest absolute Gasteiger partial charge is 0.457 e. The Balaban J connectivity index is 1.49. The van der Waals surface area contributed by atoms with E-state index in [1.165, 1.54) is 6.33 Å². The van der Waals surface area contributed by atoms with E-state index < -0.39 is 11.0 Å². The SMILES string of the molecule is Cc1ccc(Oc2ccccc2)cc1-c1nccc2cc(S(=O)Nc3ccncn3)ccc12. The number of pyridine rings is 1. The molecule has 0 radical (unpaired) electrons. The summed E-state index contributed by atoms with van der Waals surface area (Å²) in [5.74, 6) is 2.03. The first-order chi connectivity index (χ1) is 16.2. The number of benzene rings is 3. The molecule has 5 aromatic rings. The van der Waals surface area contributed by atoms with Crippen molar-refractivity contribution in [1.82, 2.24) is 15.0 Å². The van der Waals surface area contributed by atoms with Gasteiger partial charge in [-0.05, 0) is 66.4 Å². The first-order valence-corrected chi connectivity index (χ1v) is 11.5. The molecule has 2 aromatic heterocycles. The molecule has 1 atom stereocenters. The van der Waals surface area contributed by atoms with E-state index in [1.54, 1.807) is 18.5 Å². The smallest absolute Gasteiger partial charge is 0.151 e. The highest BCUT2D eigenvalue weighted by Crippen LogP contribution is 2.33. The molecule has 0 spiro atoms. The molecule has 0 saturated heterocycles. The molecule has 0 aliphatic rings. The van der Waals surface area contributed by atoms with E-state index in [-0.39, 0.29) is 0 Å². The zero-order valence-electron chi connectivity index (χ0n) is 17.8. The quantitative estimate of drug-likeness (QED) is 0.346. The van der Waals surface area contributed by atoms with Crippen LogP contribution in [0.15, 0.2) is 102 Å². The number of hydrogen-bond acceptors (Lipinski definition) is 5. The van der Waals surface area contributed by atoms with Crippen LogP contribution in [0, 0.1) is 6.92 Å². The van der Waals surface area contributed by atoms with E-state index >= 15 is 0 Å². The maximum Gasteiger partial charge on any atom is 0.151 e. The Hall–Kier alpha value is -4.10. The van der Waals surface area contributed by atoms with Crippen LogP contribution < -0.4 is 9.46 Å². The van der Waals surface area contributed by atoms with Crippen LogP contribution in [-0.2, 0) is 11.0 Å². The van der Waals surface area contributed by atoms with Crippen LogP contribution in [0.2, 0.25) is 0 Å². The molecule has 33 heavy (non-hydrogen) atoms. The Kier molecular flexibility index (Phi) is 5.78. The van der Waals surface area contributed by atoms with Gasteiger partial charge in [0.25, 0.3) is 0 Å². The van der Waals surface area contributed by atoms with Crippen molar-refractivity contribution in [2.45, 2.75) is 11.8 Å².